The molecule has 1 aliphatic heterocycles. The van der Waals surface area contributed by atoms with E-state index >= 15 is 0 Å². The first kappa shape index (κ1) is 18.9. The highest BCUT2D eigenvalue weighted by molar-refractivity contribution is 8.02. The van der Waals surface area contributed by atoms with Crippen LogP contribution in [-0.4, -0.2) is 16.6 Å². The smallest absolute Gasteiger partial charge is 0.252 e. The molecule has 2 aromatic rings. The van der Waals surface area contributed by atoms with Crippen molar-refractivity contribution in [1.29, 1.82) is 0 Å². The van der Waals surface area contributed by atoms with Crippen LogP contribution in [0.4, 0.5) is 4.39 Å². The van der Waals surface area contributed by atoms with Gasteiger partial charge >= 0.3 is 0 Å². The van der Waals surface area contributed by atoms with Crippen LogP contribution in [0.15, 0.2) is 48.5 Å². The summed E-state index contributed by atoms with van der Waals surface area (Å²) < 4.78 is 12.3. The molecule has 136 valence electrons. The van der Waals surface area contributed by atoms with E-state index < -0.39 is 9.99 Å². The van der Waals surface area contributed by atoms with E-state index in [1.54, 1.807) is 36.4 Å². The lowest BCUT2D eigenvalue weighted by Gasteiger charge is -2.22. The van der Waals surface area contributed by atoms with Crippen molar-refractivity contribution < 1.29 is 14.0 Å². The Bertz CT molecular complexity index is 828. The Kier molecular flexibility index (Phi) is 5.37. The Balaban J connectivity index is 1.72. The van der Waals surface area contributed by atoms with Gasteiger partial charge in [-0.15, -0.1) is 0 Å². The van der Waals surface area contributed by atoms with Gasteiger partial charge in [0.2, 0.25) is 5.91 Å². The first-order chi connectivity index (χ1) is 12.3. The van der Waals surface area contributed by atoms with Crippen molar-refractivity contribution in [3.8, 4) is 0 Å². The summed E-state index contributed by atoms with van der Waals surface area (Å²) in [4.78, 5) is 23.8. The monoisotopic (exact) mass is 392 g/mol. The van der Waals surface area contributed by atoms with E-state index in [9.17, 15) is 14.0 Å². The molecule has 26 heavy (non-hydrogen) atoms. The van der Waals surface area contributed by atoms with E-state index in [0.717, 1.165) is 11.1 Å². The van der Waals surface area contributed by atoms with Gasteiger partial charge in [0.1, 0.15) is 16.1 Å². The van der Waals surface area contributed by atoms with Crippen LogP contribution in [0.2, 0.25) is 0 Å². The third-order valence-corrected chi connectivity index (χ3v) is 6.08. The molecular formula is C19H18ClFN2O2S. The largest absolute Gasteiger partial charge is 0.330 e. The van der Waals surface area contributed by atoms with Crippen LogP contribution >= 0.6 is 23.4 Å². The van der Waals surface area contributed by atoms with Crippen LogP contribution in [0.1, 0.15) is 41.4 Å². The number of carbonyl (C=O) groups is 2. The van der Waals surface area contributed by atoms with Gasteiger partial charge in [0, 0.05) is 11.6 Å². The van der Waals surface area contributed by atoms with Gasteiger partial charge in [0.05, 0.1) is 0 Å². The number of hydrogen-bond donors (Lipinski definition) is 2. The van der Waals surface area contributed by atoms with Crippen molar-refractivity contribution >= 4 is 34.5 Å². The Morgan fingerprint density at radius 2 is 1.85 bits per heavy atom. The molecular weight excluding hydrogens is 375 g/mol. The van der Waals surface area contributed by atoms with Gasteiger partial charge in [-0.3, -0.25) is 14.9 Å². The number of benzene rings is 2. The number of hydrogen-bond acceptors (Lipinski definition) is 4. The third kappa shape index (κ3) is 3.77. The molecule has 2 aromatic carbocycles. The van der Waals surface area contributed by atoms with Crippen LogP contribution in [0.5, 0.6) is 0 Å². The lowest BCUT2D eigenvalue weighted by atomic mass is 9.98. The number of amides is 1. The van der Waals surface area contributed by atoms with E-state index in [-0.39, 0.29) is 23.3 Å². The maximum absolute atomic E-state index is 13.1. The molecule has 2 N–H and O–H groups in total. The van der Waals surface area contributed by atoms with Gasteiger partial charge in [0.25, 0.3) is 5.24 Å². The molecule has 0 radical (unpaired) electrons. The Labute approximate surface area is 160 Å². The van der Waals surface area contributed by atoms with Crippen molar-refractivity contribution in [2.45, 2.75) is 30.1 Å². The van der Waals surface area contributed by atoms with Crippen molar-refractivity contribution in [1.82, 2.24) is 10.6 Å². The molecule has 0 spiro atoms. The summed E-state index contributed by atoms with van der Waals surface area (Å²) in [6, 6.07) is 12.9. The highest BCUT2D eigenvalue weighted by Gasteiger charge is 2.45. The van der Waals surface area contributed by atoms with Crippen LogP contribution in [0.3, 0.4) is 0 Å². The van der Waals surface area contributed by atoms with E-state index in [0.29, 0.717) is 5.56 Å². The second-order valence-electron chi connectivity index (χ2n) is 6.30. The normalized spacial score (nSPS) is 23.5. The van der Waals surface area contributed by atoms with E-state index in [1.165, 1.54) is 23.9 Å². The maximum atomic E-state index is 13.1. The molecule has 1 amide bonds. The molecule has 1 aliphatic rings. The zero-order chi connectivity index (χ0) is 18.9. The average molecular weight is 393 g/mol. The number of nitrogens with one attached hydrogen (secondary N) is 2. The van der Waals surface area contributed by atoms with Gasteiger partial charge in [-0.25, -0.2) is 4.39 Å². The first-order valence-corrected chi connectivity index (χ1v) is 9.36. The fourth-order valence-corrected chi connectivity index (χ4v) is 4.32. The van der Waals surface area contributed by atoms with Gasteiger partial charge in [-0.1, -0.05) is 36.0 Å². The predicted octanol–water partition coefficient (Wildman–Crippen LogP) is 3.92. The Morgan fingerprint density at radius 1 is 1.23 bits per heavy atom. The minimum absolute atomic E-state index is 0.0630. The summed E-state index contributed by atoms with van der Waals surface area (Å²) in [6.45, 7) is 3.80. The average Bonchev–Trinajstić information content (AvgIpc) is 2.90. The van der Waals surface area contributed by atoms with Gasteiger partial charge < -0.3 is 5.32 Å². The van der Waals surface area contributed by atoms with Crippen LogP contribution < -0.4 is 10.6 Å². The minimum Gasteiger partial charge on any atom is -0.330 e. The Hall–Kier alpha value is -1.89. The molecule has 0 bridgehead atoms. The molecule has 1 heterocycles. The fraction of sp³-hybridized carbons (Fsp3) is 0.263. The predicted molar refractivity (Wildman–Crippen MR) is 101 cm³/mol. The van der Waals surface area contributed by atoms with Crippen molar-refractivity contribution in [3.05, 3.63) is 71.0 Å². The highest BCUT2D eigenvalue weighted by Crippen LogP contribution is 2.43. The number of carbonyl (C=O) groups excluding carboxylic acids is 2. The summed E-state index contributed by atoms with van der Waals surface area (Å²) in [5.41, 5.74) is 1.82. The zero-order valence-electron chi connectivity index (χ0n) is 14.3. The van der Waals surface area contributed by atoms with Crippen molar-refractivity contribution in [2.75, 3.05) is 0 Å². The lowest BCUT2D eigenvalue weighted by molar-refractivity contribution is -0.122. The van der Waals surface area contributed by atoms with E-state index in [2.05, 4.69) is 10.6 Å². The highest BCUT2D eigenvalue weighted by atomic mass is 35.5. The molecule has 1 fully saturated rings. The van der Waals surface area contributed by atoms with Crippen molar-refractivity contribution in [3.63, 3.8) is 0 Å². The molecule has 2 unspecified atom stereocenters. The van der Waals surface area contributed by atoms with Gasteiger partial charge in [0.15, 0.2) is 0 Å². The summed E-state index contributed by atoms with van der Waals surface area (Å²) in [7, 11) is 0. The number of rotatable bonds is 5. The van der Waals surface area contributed by atoms with Crippen LogP contribution in [0, 0.1) is 5.82 Å². The maximum Gasteiger partial charge on any atom is 0.252 e. The molecule has 0 aliphatic carbocycles. The fourth-order valence-electron chi connectivity index (χ4n) is 2.84. The molecule has 7 heteroatoms. The Morgan fingerprint density at radius 3 is 2.42 bits per heavy atom. The second kappa shape index (κ2) is 7.39. The minimum atomic E-state index is -0.784. The molecule has 3 rings (SSSR count). The first-order valence-electron chi connectivity index (χ1n) is 8.10. The zero-order valence-corrected chi connectivity index (χ0v) is 15.8. The summed E-state index contributed by atoms with van der Waals surface area (Å²) in [5, 5.41) is 5.74. The molecule has 0 aromatic heterocycles. The second-order valence-corrected chi connectivity index (χ2v) is 8.16. The summed E-state index contributed by atoms with van der Waals surface area (Å²) in [6.07, 6.45) is 0. The third-order valence-electron chi connectivity index (χ3n) is 4.48. The molecule has 1 saturated heterocycles. The molecule has 0 saturated carbocycles. The lowest BCUT2D eigenvalue weighted by Crippen LogP contribution is -2.39. The SMILES string of the molecule is C[C@H](NC1NC(=O)C(C)(c2ccc(C(=O)Cl)cc2)S1)c1ccc(F)cc1. The summed E-state index contributed by atoms with van der Waals surface area (Å²) >= 11 is 6.92. The molecule has 4 nitrogen and oxygen atoms in total. The van der Waals surface area contributed by atoms with E-state index in [1.807, 2.05) is 13.8 Å². The topological polar surface area (TPSA) is 58.2 Å². The van der Waals surface area contributed by atoms with Crippen LogP contribution in [0.25, 0.3) is 0 Å². The van der Waals surface area contributed by atoms with Gasteiger partial charge in [-0.05, 0) is 60.8 Å². The number of thioether (sulfide) groups is 1. The number of halogens is 2. The van der Waals surface area contributed by atoms with Crippen molar-refractivity contribution in [2.24, 2.45) is 0 Å². The van der Waals surface area contributed by atoms with E-state index in [4.69, 9.17) is 11.6 Å². The quantitative estimate of drug-likeness (QED) is 0.757. The standard InChI is InChI=1S/C19H18ClFN2O2S/c1-11(12-5-9-15(21)10-6-12)22-18-23-17(25)19(2,26-18)14-7-3-13(4-8-14)16(20)24/h3-11,18,22H,1-2H3,(H,23,25)/t11-,18?,19?/m0/s1. The van der Waals surface area contributed by atoms with Crippen LogP contribution in [-0.2, 0) is 9.54 Å². The molecule has 3 atom stereocenters. The summed E-state index contributed by atoms with van der Waals surface area (Å²) in [5.74, 6) is -0.396. The van der Waals surface area contributed by atoms with Gasteiger partial charge in [-0.2, -0.15) is 0 Å².